The van der Waals surface area contributed by atoms with Gasteiger partial charge in [-0.25, -0.2) is 0 Å². The number of benzene rings is 3. The predicted molar refractivity (Wildman–Crippen MR) is 170 cm³/mol. The van der Waals surface area contributed by atoms with Gasteiger partial charge >= 0.3 is 104 Å². The second-order valence-electron chi connectivity index (χ2n) is 12.6. The van der Waals surface area contributed by atoms with Gasteiger partial charge in [-0.1, -0.05) is 61.5 Å². The van der Waals surface area contributed by atoms with Crippen LogP contribution in [-0.4, -0.2) is 23.2 Å². The number of furan rings is 1. The summed E-state index contributed by atoms with van der Waals surface area (Å²) >= 11 is -1.79. The fraction of sp³-hybridized carbons (Fsp3) is 0.222. The van der Waals surface area contributed by atoms with E-state index in [0.29, 0.717) is 0 Å². The monoisotopic (exact) mass is 797 g/mol. The Morgan fingerprint density at radius 2 is 1.64 bits per heavy atom. The van der Waals surface area contributed by atoms with Gasteiger partial charge in [0.2, 0.25) is 0 Å². The van der Waals surface area contributed by atoms with Crippen LogP contribution in [0.5, 0.6) is 0 Å². The van der Waals surface area contributed by atoms with Crippen LogP contribution < -0.4 is 4.40 Å². The van der Waals surface area contributed by atoms with Crippen LogP contribution in [0.3, 0.4) is 0 Å². The quantitative estimate of drug-likeness (QED) is 0.132. The standard InChI is InChI=1S/C22H20NO.C14H15FGeN.Ir/c1-22(2,3)14-15-11-12-23-19(13-15)18-9-6-8-17-16-7-4-5-10-20(16)24-21(17)18;1-16(2,3)13-8-9-14(17-10-13)11-4-6-12(15)7-5-11;/h4-8,10-13H,14H2,1-3H3;4,6-10H,1-3H3;/q2*-1;. The zero-order chi connectivity index (χ0) is 29.2. The Bertz CT molecular complexity index is 1780. The molecular formula is C36H35FGeIrN2O-2. The number of rotatable bonds is 4. The summed E-state index contributed by atoms with van der Waals surface area (Å²) in [6.07, 6.45) is 4.84. The molecule has 0 amide bonds. The van der Waals surface area contributed by atoms with E-state index >= 15 is 0 Å². The summed E-state index contributed by atoms with van der Waals surface area (Å²) < 4.78 is 20.3. The minimum atomic E-state index is -1.79. The molecule has 0 fully saturated rings. The molecule has 0 saturated heterocycles. The number of pyridine rings is 2. The predicted octanol–water partition coefficient (Wildman–Crippen LogP) is 9.27. The molecule has 217 valence electrons. The molecule has 0 N–H and O–H groups in total. The minimum Gasteiger partial charge on any atom is 0 e. The maximum atomic E-state index is 12.8. The number of halogens is 1. The van der Waals surface area contributed by atoms with Crippen molar-refractivity contribution in [2.45, 2.75) is 44.5 Å². The molecule has 3 nitrogen and oxygen atoms in total. The Balaban J connectivity index is 0.000000200. The molecule has 6 rings (SSSR count). The average molecular weight is 796 g/mol. The van der Waals surface area contributed by atoms with Gasteiger partial charge < -0.3 is 9.40 Å². The van der Waals surface area contributed by atoms with Crippen LogP contribution in [-0.2, 0) is 26.5 Å². The van der Waals surface area contributed by atoms with Gasteiger partial charge in [0.25, 0.3) is 0 Å². The van der Waals surface area contributed by atoms with Crippen LogP contribution in [0.25, 0.3) is 44.5 Å². The Morgan fingerprint density at radius 1 is 0.857 bits per heavy atom. The summed E-state index contributed by atoms with van der Waals surface area (Å²) in [4.78, 5) is 9.01. The van der Waals surface area contributed by atoms with Gasteiger partial charge in [-0.3, -0.25) is 0 Å². The number of para-hydroxylation sites is 1. The summed E-state index contributed by atoms with van der Waals surface area (Å²) in [5.74, 6) is 6.73. The van der Waals surface area contributed by atoms with E-state index in [9.17, 15) is 4.39 Å². The second kappa shape index (κ2) is 13.0. The fourth-order valence-electron chi connectivity index (χ4n) is 4.78. The molecule has 3 aromatic heterocycles. The SMILES string of the molecule is CC(C)(C)Cc1ccnc(-c2[c-]ccc3c2oc2ccccc23)c1.[CH3][Ge]([CH3])([CH3])[c]1ccc(-c2[c-]cc(F)cc2)nc1.[Ir]. The van der Waals surface area contributed by atoms with Crippen molar-refractivity contribution in [2.75, 3.05) is 0 Å². The number of hydrogen-bond donors (Lipinski definition) is 0. The van der Waals surface area contributed by atoms with Crippen LogP contribution in [0.1, 0.15) is 26.3 Å². The summed E-state index contributed by atoms with van der Waals surface area (Å²) in [7, 11) is 0. The van der Waals surface area contributed by atoms with E-state index < -0.39 is 13.3 Å². The summed E-state index contributed by atoms with van der Waals surface area (Å²) in [6.45, 7) is 6.75. The largest absolute Gasteiger partial charge is 0 e. The summed E-state index contributed by atoms with van der Waals surface area (Å²) in [6, 6.07) is 31.2. The first kappa shape index (κ1) is 31.8. The van der Waals surface area contributed by atoms with Crippen molar-refractivity contribution in [1.29, 1.82) is 0 Å². The zero-order valence-electron chi connectivity index (χ0n) is 24.9. The second-order valence-corrected chi connectivity index (χ2v) is 23.2. The third-order valence-corrected chi connectivity index (χ3v) is 11.1. The van der Waals surface area contributed by atoms with Crippen LogP contribution >= 0.6 is 0 Å². The molecule has 6 heteroatoms. The summed E-state index contributed by atoms with van der Waals surface area (Å²) in [5, 5.41) is 2.25. The topological polar surface area (TPSA) is 38.9 Å². The van der Waals surface area contributed by atoms with Crippen molar-refractivity contribution in [3.05, 3.63) is 115 Å². The van der Waals surface area contributed by atoms with Gasteiger partial charge in [0.15, 0.2) is 0 Å². The molecule has 0 saturated carbocycles. The van der Waals surface area contributed by atoms with Gasteiger partial charge in [0, 0.05) is 31.7 Å². The van der Waals surface area contributed by atoms with Crippen LogP contribution in [0.2, 0.25) is 17.3 Å². The number of fused-ring (bicyclic) bond motifs is 3. The molecule has 0 bridgehead atoms. The zero-order valence-corrected chi connectivity index (χ0v) is 29.4. The van der Waals surface area contributed by atoms with Crippen LogP contribution in [0.15, 0.2) is 95.7 Å². The Labute approximate surface area is 264 Å². The first-order chi connectivity index (χ1) is 19.5. The van der Waals surface area contributed by atoms with Crippen molar-refractivity contribution < 1.29 is 28.9 Å². The molecule has 0 spiro atoms. The van der Waals surface area contributed by atoms with Crippen LogP contribution in [0.4, 0.5) is 4.39 Å². The third kappa shape index (κ3) is 7.63. The number of nitrogens with zero attached hydrogens (tertiary/aromatic N) is 2. The van der Waals surface area contributed by atoms with E-state index in [2.05, 4.69) is 90.5 Å². The van der Waals surface area contributed by atoms with E-state index in [-0.39, 0.29) is 31.3 Å². The van der Waals surface area contributed by atoms with Crippen LogP contribution in [0, 0.1) is 23.4 Å². The molecule has 0 aliphatic rings. The first-order valence-electron chi connectivity index (χ1n) is 13.9. The molecule has 0 aliphatic heterocycles. The Hall–Kier alpha value is -3.12. The van der Waals surface area contributed by atoms with Crippen molar-refractivity contribution in [2.24, 2.45) is 5.41 Å². The molecule has 1 radical (unpaired) electrons. The van der Waals surface area contributed by atoms with E-state index in [4.69, 9.17) is 4.42 Å². The van der Waals surface area contributed by atoms with Gasteiger partial charge in [-0.05, 0) is 29.7 Å². The number of hydrogen-bond acceptors (Lipinski definition) is 3. The Kier molecular flexibility index (Phi) is 9.87. The van der Waals surface area contributed by atoms with Crippen molar-refractivity contribution >= 4 is 39.6 Å². The fourth-order valence-corrected chi connectivity index (χ4v) is 6.95. The third-order valence-electron chi connectivity index (χ3n) is 6.83. The molecule has 6 aromatic rings. The molecule has 0 unspecified atom stereocenters. The molecule has 3 aromatic carbocycles. The van der Waals surface area contributed by atoms with Crippen molar-refractivity contribution in [1.82, 2.24) is 9.97 Å². The van der Waals surface area contributed by atoms with Crippen molar-refractivity contribution in [3.63, 3.8) is 0 Å². The normalized spacial score (nSPS) is 11.6. The molecule has 3 heterocycles. The van der Waals surface area contributed by atoms with Gasteiger partial charge in [-0.2, -0.15) is 0 Å². The smallest absolute Gasteiger partial charge is 0 e. The maximum Gasteiger partial charge on any atom is 0 e. The van der Waals surface area contributed by atoms with Gasteiger partial charge in [0.05, 0.1) is 5.58 Å². The minimum absolute atomic E-state index is 0. The molecular weight excluding hydrogens is 760 g/mol. The molecule has 0 aliphatic carbocycles. The van der Waals surface area contributed by atoms with E-state index in [0.717, 1.165) is 50.9 Å². The van der Waals surface area contributed by atoms with E-state index in [1.54, 1.807) is 6.07 Å². The van der Waals surface area contributed by atoms with Crippen molar-refractivity contribution in [3.8, 4) is 22.5 Å². The van der Waals surface area contributed by atoms with Gasteiger partial charge in [0.1, 0.15) is 5.58 Å². The average Bonchev–Trinajstić information content (AvgIpc) is 3.32. The maximum absolute atomic E-state index is 12.8. The number of aromatic nitrogens is 2. The Morgan fingerprint density at radius 3 is 2.31 bits per heavy atom. The summed E-state index contributed by atoms with van der Waals surface area (Å²) in [5.41, 5.74) is 6.82. The van der Waals surface area contributed by atoms with E-state index in [1.165, 1.54) is 22.1 Å². The van der Waals surface area contributed by atoms with Gasteiger partial charge in [-0.15, -0.1) is 18.2 Å². The van der Waals surface area contributed by atoms with E-state index in [1.807, 2.05) is 42.7 Å². The molecule has 42 heavy (non-hydrogen) atoms. The molecule has 0 atom stereocenters. The first-order valence-corrected chi connectivity index (χ1v) is 21.2.